The van der Waals surface area contributed by atoms with E-state index >= 15 is 0 Å². The predicted molar refractivity (Wildman–Crippen MR) is 68.3 cm³/mol. The summed E-state index contributed by atoms with van der Waals surface area (Å²) in [6.07, 6.45) is 0. The number of hydrogen-bond acceptors (Lipinski definition) is 3. The fourth-order valence-corrected chi connectivity index (χ4v) is 1.60. The van der Waals surface area contributed by atoms with Gasteiger partial charge in [0, 0.05) is 12.6 Å². The Labute approximate surface area is 113 Å². The lowest BCUT2D eigenvalue weighted by atomic mass is 10.2. The van der Waals surface area contributed by atoms with Crippen LogP contribution in [0.1, 0.15) is 13.8 Å². The molecule has 0 amide bonds. The largest absolute Gasteiger partial charge is 0.466 e. The van der Waals surface area contributed by atoms with Gasteiger partial charge in [0.25, 0.3) is 0 Å². The van der Waals surface area contributed by atoms with Crippen LogP contribution in [0.25, 0.3) is 0 Å². The van der Waals surface area contributed by atoms with E-state index in [2.05, 4.69) is 21.2 Å². The fraction of sp³-hybridized carbons (Fsp3) is 0.417. The zero-order chi connectivity index (χ0) is 13.7. The van der Waals surface area contributed by atoms with Crippen molar-refractivity contribution in [3.8, 4) is 0 Å². The number of carbonyl (C=O) groups is 1. The number of anilines is 1. The molecular weight excluding hydrogens is 308 g/mol. The van der Waals surface area contributed by atoms with Gasteiger partial charge in [-0.3, -0.25) is 4.79 Å². The van der Waals surface area contributed by atoms with Crippen molar-refractivity contribution in [3.63, 3.8) is 0 Å². The summed E-state index contributed by atoms with van der Waals surface area (Å²) in [4.78, 5) is 11.3. The SMILES string of the molecule is CCOC(=O)C(C)CNc1cc(F)c(Br)cc1F. The first kappa shape index (κ1) is 14.9. The maximum atomic E-state index is 13.5. The summed E-state index contributed by atoms with van der Waals surface area (Å²) in [6, 6.07) is 2.07. The molecular formula is C12H14BrF2NO2. The third-order valence-electron chi connectivity index (χ3n) is 2.30. The average Bonchev–Trinajstić information content (AvgIpc) is 2.32. The normalized spacial score (nSPS) is 12.1. The van der Waals surface area contributed by atoms with Crippen molar-refractivity contribution in [2.75, 3.05) is 18.5 Å². The number of nitrogens with one attached hydrogen (secondary N) is 1. The molecule has 1 aromatic rings. The van der Waals surface area contributed by atoms with E-state index < -0.39 is 17.6 Å². The Morgan fingerprint density at radius 3 is 2.72 bits per heavy atom. The van der Waals surface area contributed by atoms with Crippen molar-refractivity contribution in [1.82, 2.24) is 0 Å². The number of carbonyl (C=O) groups excluding carboxylic acids is 1. The zero-order valence-corrected chi connectivity index (χ0v) is 11.7. The van der Waals surface area contributed by atoms with Crippen LogP contribution in [-0.2, 0) is 9.53 Å². The summed E-state index contributed by atoms with van der Waals surface area (Å²) in [5, 5.41) is 2.68. The molecule has 0 saturated carbocycles. The van der Waals surface area contributed by atoms with E-state index in [4.69, 9.17) is 4.74 Å². The maximum Gasteiger partial charge on any atom is 0.310 e. The monoisotopic (exact) mass is 321 g/mol. The highest BCUT2D eigenvalue weighted by Crippen LogP contribution is 2.23. The highest BCUT2D eigenvalue weighted by Gasteiger charge is 2.15. The number of rotatable bonds is 5. The molecule has 0 aliphatic heterocycles. The second-order valence-electron chi connectivity index (χ2n) is 3.78. The Kier molecular flexibility index (Phi) is 5.53. The highest BCUT2D eigenvalue weighted by molar-refractivity contribution is 9.10. The van der Waals surface area contributed by atoms with Crippen LogP contribution < -0.4 is 5.32 Å². The lowest BCUT2D eigenvalue weighted by Gasteiger charge is -2.13. The van der Waals surface area contributed by atoms with Crippen LogP contribution in [0.15, 0.2) is 16.6 Å². The molecule has 0 saturated heterocycles. The molecule has 0 aliphatic rings. The van der Waals surface area contributed by atoms with Crippen LogP contribution in [0, 0.1) is 17.6 Å². The van der Waals surface area contributed by atoms with Crippen LogP contribution in [-0.4, -0.2) is 19.1 Å². The predicted octanol–water partition coefficient (Wildman–Crippen LogP) is 3.34. The second kappa shape index (κ2) is 6.68. The zero-order valence-electron chi connectivity index (χ0n) is 10.1. The molecule has 0 fully saturated rings. The Hall–Kier alpha value is -1.17. The van der Waals surface area contributed by atoms with Crippen LogP contribution in [0.4, 0.5) is 14.5 Å². The van der Waals surface area contributed by atoms with E-state index in [0.717, 1.165) is 12.1 Å². The lowest BCUT2D eigenvalue weighted by Crippen LogP contribution is -2.22. The number of hydrogen-bond donors (Lipinski definition) is 1. The van der Waals surface area contributed by atoms with Gasteiger partial charge >= 0.3 is 5.97 Å². The van der Waals surface area contributed by atoms with Gasteiger partial charge in [-0.05, 0) is 28.9 Å². The molecule has 3 nitrogen and oxygen atoms in total. The summed E-state index contributed by atoms with van der Waals surface area (Å²) >= 11 is 2.89. The molecule has 0 bridgehead atoms. The standard InChI is InChI=1S/C12H14BrF2NO2/c1-3-18-12(17)7(2)6-16-11-5-9(14)8(13)4-10(11)15/h4-5,7,16H,3,6H2,1-2H3. The highest BCUT2D eigenvalue weighted by atomic mass is 79.9. The third-order valence-corrected chi connectivity index (χ3v) is 2.91. The molecule has 0 heterocycles. The Morgan fingerprint density at radius 2 is 2.11 bits per heavy atom. The molecule has 6 heteroatoms. The fourth-order valence-electron chi connectivity index (χ4n) is 1.29. The van der Waals surface area contributed by atoms with Gasteiger partial charge in [0.05, 0.1) is 22.7 Å². The topological polar surface area (TPSA) is 38.3 Å². The van der Waals surface area contributed by atoms with Crippen LogP contribution in [0.2, 0.25) is 0 Å². The van der Waals surface area contributed by atoms with Crippen molar-refractivity contribution in [1.29, 1.82) is 0 Å². The minimum Gasteiger partial charge on any atom is -0.466 e. The first-order valence-electron chi connectivity index (χ1n) is 5.50. The lowest BCUT2D eigenvalue weighted by molar-refractivity contribution is -0.146. The van der Waals surface area contributed by atoms with Gasteiger partial charge in [-0.15, -0.1) is 0 Å². The van der Waals surface area contributed by atoms with Gasteiger partial charge in [-0.25, -0.2) is 8.78 Å². The molecule has 0 aliphatic carbocycles. The van der Waals surface area contributed by atoms with E-state index in [9.17, 15) is 13.6 Å². The first-order valence-corrected chi connectivity index (χ1v) is 6.30. The molecule has 0 radical (unpaired) electrons. The molecule has 0 spiro atoms. The van der Waals surface area contributed by atoms with Crippen LogP contribution in [0.5, 0.6) is 0 Å². The summed E-state index contributed by atoms with van der Waals surface area (Å²) in [5.41, 5.74) is 0.0202. The summed E-state index contributed by atoms with van der Waals surface area (Å²) < 4.78 is 31.5. The smallest absolute Gasteiger partial charge is 0.310 e. The van der Waals surface area contributed by atoms with Crippen molar-refractivity contribution in [2.24, 2.45) is 5.92 Å². The Morgan fingerprint density at radius 1 is 1.44 bits per heavy atom. The third kappa shape index (κ3) is 3.94. The minimum atomic E-state index is -0.584. The number of benzene rings is 1. The first-order chi connectivity index (χ1) is 8.45. The molecule has 0 aromatic heterocycles. The Balaban J connectivity index is 2.63. The van der Waals surface area contributed by atoms with Gasteiger partial charge in [-0.2, -0.15) is 0 Å². The summed E-state index contributed by atoms with van der Waals surface area (Å²) in [5.74, 6) is -1.96. The van der Waals surface area contributed by atoms with Crippen molar-refractivity contribution in [3.05, 3.63) is 28.2 Å². The van der Waals surface area contributed by atoms with Gasteiger partial charge in [0.1, 0.15) is 11.6 Å². The molecule has 1 rings (SSSR count). The van der Waals surface area contributed by atoms with Crippen molar-refractivity contribution >= 4 is 27.6 Å². The van der Waals surface area contributed by atoms with Gasteiger partial charge in [-0.1, -0.05) is 6.92 Å². The van der Waals surface area contributed by atoms with E-state index in [1.165, 1.54) is 0 Å². The number of ether oxygens (including phenoxy) is 1. The summed E-state index contributed by atoms with van der Waals surface area (Å²) in [6.45, 7) is 3.83. The molecule has 1 N–H and O–H groups in total. The van der Waals surface area contributed by atoms with E-state index in [-0.39, 0.29) is 22.7 Å². The van der Waals surface area contributed by atoms with Crippen LogP contribution >= 0.6 is 15.9 Å². The van der Waals surface area contributed by atoms with Gasteiger partial charge in [0.15, 0.2) is 0 Å². The second-order valence-corrected chi connectivity index (χ2v) is 4.63. The van der Waals surface area contributed by atoms with Crippen molar-refractivity contribution in [2.45, 2.75) is 13.8 Å². The molecule has 1 unspecified atom stereocenters. The minimum absolute atomic E-state index is 0.0202. The molecule has 1 atom stereocenters. The quantitative estimate of drug-likeness (QED) is 0.667. The van der Waals surface area contributed by atoms with Gasteiger partial charge < -0.3 is 10.1 Å². The molecule has 18 heavy (non-hydrogen) atoms. The number of esters is 1. The average molecular weight is 322 g/mol. The van der Waals surface area contributed by atoms with Crippen molar-refractivity contribution < 1.29 is 18.3 Å². The number of halogens is 3. The van der Waals surface area contributed by atoms with E-state index in [1.54, 1.807) is 13.8 Å². The van der Waals surface area contributed by atoms with Crippen LogP contribution in [0.3, 0.4) is 0 Å². The van der Waals surface area contributed by atoms with E-state index in [1.807, 2.05) is 0 Å². The maximum absolute atomic E-state index is 13.5. The Bertz CT molecular complexity index is 440. The summed E-state index contributed by atoms with van der Waals surface area (Å²) in [7, 11) is 0. The molecule has 100 valence electrons. The molecule has 1 aromatic carbocycles. The van der Waals surface area contributed by atoms with Gasteiger partial charge in [0.2, 0.25) is 0 Å². The van der Waals surface area contributed by atoms with E-state index in [0.29, 0.717) is 6.61 Å².